The number of rotatable bonds is 1. The lowest BCUT2D eigenvalue weighted by Crippen LogP contribution is -2.35. The molecule has 1 N–H and O–H groups in total. The Hall–Kier alpha value is -1.61. The van der Waals surface area contributed by atoms with E-state index in [9.17, 15) is 9.90 Å². The summed E-state index contributed by atoms with van der Waals surface area (Å²) < 4.78 is 4.80. The highest BCUT2D eigenvalue weighted by molar-refractivity contribution is 5.81. The minimum Gasteiger partial charge on any atom is -0.432 e. The van der Waals surface area contributed by atoms with Crippen molar-refractivity contribution in [1.29, 1.82) is 0 Å². The summed E-state index contributed by atoms with van der Waals surface area (Å²) in [6.45, 7) is 0. The zero-order valence-electron chi connectivity index (χ0n) is 8.22. The Bertz CT molecular complexity index is 383. The number of benzene rings is 1. The van der Waals surface area contributed by atoms with Gasteiger partial charge in [0.25, 0.3) is 0 Å². The van der Waals surface area contributed by atoms with E-state index in [-0.39, 0.29) is 0 Å². The minimum absolute atomic E-state index is 0.354. The first-order valence-electron chi connectivity index (χ1n) is 4.87. The first kappa shape index (κ1) is 9.93. The predicted molar refractivity (Wildman–Crippen MR) is 54.8 cm³/mol. The van der Waals surface area contributed by atoms with Crippen LogP contribution in [0.5, 0.6) is 0 Å². The van der Waals surface area contributed by atoms with Gasteiger partial charge in [-0.1, -0.05) is 30.3 Å². The molecule has 0 radical (unpaired) electrons. The summed E-state index contributed by atoms with van der Waals surface area (Å²) >= 11 is 0. The van der Waals surface area contributed by atoms with Gasteiger partial charge in [0.2, 0.25) is 0 Å². The molecule has 1 heterocycles. The molecule has 0 aromatic heterocycles. The van der Waals surface area contributed by atoms with Crippen molar-refractivity contribution in [1.82, 2.24) is 0 Å². The van der Waals surface area contributed by atoms with Gasteiger partial charge in [0, 0.05) is 0 Å². The van der Waals surface area contributed by atoms with Gasteiger partial charge in [-0.05, 0) is 24.5 Å². The lowest BCUT2D eigenvalue weighted by Gasteiger charge is -2.23. The summed E-state index contributed by atoms with van der Waals surface area (Å²) in [4.78, 5) is 11.6. The largest absolute Gasteiger partial charge is 0.432 e. The van der Waals surface area contributed by atoms with Gasteiger partial charge >= 0.3 is 5.97 Å². The Morgan fingerprint density at radius 2 is 2.00 bits per heavy atom. The molecule has 2 rings (SSSR count). The Morgan fingerprint density at radius 3 is 2.73 bits per heavy atom. The maximum Gasteiger partial charge on any atom is 0.347 e. The summed E-state index contributed by atoms with van der Waals surface area (Å²) in [6, 6.07) is 8.88. The number of esters is 1. The molecule has 1 aliphatic rings. The molecule has 15 heavy (non-hydrogen) atoms. The van der Waals surface area contributed by atoms with Crippen LogP contribution in [-0.4, -0.2) is 11.1 Å². The molecular weight excluding hydrogens is 192 g/mol. The van der Waals surface area contributed by atoms with Gasteiger partial charge < -0.3 is 9.84 Å². The molecule has 3 nitrogen and oxygen atoms in total. The van der Waals surface area contributed by atoms with Gasteiger partial charge in [-0.25, -0.2) is 4.79 Å². The van der Waals surface area contributed by atoms with E-state index in [1.54, 1.807) is 30.3 Å². The monoisotopic (exact) mass is 204 g/mol. The molecule has 3 heteroatoms. The van der Waals surface area contributed by atoms with E-state index in [1.807, 2.05) is 6.07 Å². The van der Waals surface area contributed by atoms with E-state index in [0.717, 1.165) is 0 Å². The highest BCUT2D eigenvalue weighted by Crippen LogP contribution is 2.29. The minimum atomic E-state index is -1.51. The number of aliphatic hydroxyl groups is 1. The van der Waals surface area contributed by atoms with Crippen molar-refractivity contribution in [2.24, 2.45) is 0 Å². The number of carbonyl (C=O) groups is 1. The molecule has 0 aliphatic carbocycles. The first-order chi connectivity index (χ1) is 7.23. The van der Waals surface area contributed by atoms with Crippen LogP contribution in [0.3, 0.4) is 0 Å². The molecule has 78 valence electrons. The predicted octanol–water partition coefficient (Wildman–Crippen LogP) is 1.72. The molecule has 0 saturated carbocycles. The Kier molecular flexibility index (Phi) is 2.56. The fourth-order valence-electron chi connectivity index (χ4n) is 1.65. The normalized spacial score (nSPS) is 25.8. The van der Waals surface area contributed by atoms with Crippen molar-refractivity contribution in [3.05, 3.63) is 48.2 Å². The number of ether oxygens (including phenoxy) is 1. The smallest absolute Gasteiger partial charge is 0.347 e. The van der Waals surface area contributed by atoms with Crippen LogP contribution in [0, 0.1) is 0 Å². The summed E-state index contributed by atoms with van der Waals surface area (Å²) in [5.74, 6) is -0.609. The third kappa shape index (κ3) is 1.78. The number of cyclic esters (lactones) is 1. The molecule has 0 saturated heterocycles. The summed E-state index contributed by atoms with van der Waals surface area (Å²) in [5.41, 5.74) is -0.927. The lowest BCUT2D eigenvalue weighted by atomic mass is 9.89. The lowest BCUT2D eigenvalue weighted by molar-refractivity contribution is -0.160. The van der Waals surface area contributed by atoms with Crippen molar-refractivity contribution in [2.75, 3.05) is 0 Å². The number of allylic oxidation sites excluding steroid dienone is 1. The fraction of sp³-hybridized carbons (Fsp3) is 0.250. The maximum absolute atomic E-state index is 11.6. The molecule has 1 unspecified atom stereocenters. The molecular formula is C12H12O3. The van der Waals surface area contributed by atoms with Crippen LogP contribution in [0.4, 0.5) is 0 Å². The van der Waals surface area contributed by atoms with E-state index in [4.69, 9.17) is 4.74 Å². The van der Waals surface area contributed by atoms with E-state index < -0.39 is 11.6 Å². The topological polar surface area (TPSA) is 46.5 Å². The first-order valence-corrected chi connectivity index (χ1v) is 4.87. The second-order valence-electron chi connectivity index (χ2n) is 3.54. The second kappa shape index (κ2) is 3.87. The highest BCUT2D eigenvalue weighted by Gasteiger charge is 2.39. The van der Waals surface area contributed by atoms with Crippen LogP contribution in [0.1, 0.15) is 18.4 Å². The van der Waals surface area contributed by atoms with Gasteiger partial charge in [-0.15, -0.1) is 0 Å². The van der Waals surface area contributed by atoms with Crippen LogP contribution >= 0.6 is 0 Å². The van der Waals surface area contributed by atoms with Gasteiger partial charge in [0.15, 0.2) is 5.60 Å². The standard InChI is InChI=1S/C12H12O3/c13-11-12(14,8-4-5-9-15-11)10-6-2-1-3-7-10/h1-3,5-7,9,14H,4,8H2. The molecule has 1 aromatic carbocycles. The fourth-order valence-corrected chi connectivity index (χ4v) is 1.65. The van der Waals surface area contributed by atoms with Crippen LogP contribution in [0.15, 0.2) is 42.7 Å². The molecule has 0 spiro atoms. The average molecular weight is 204 g/mol. The molecule has 0 fully saturated rings. The zero-order chi connectivity index (χ0) is 10.7. The van der Waals surface area contributed by atoms with Crippen LogP contribution in [0.25, 0.3) is 0 Å². The quantitative estimate of drug-likeness (QED) is 0.708. The average Bonchev–Trinajstić information content (AvgIpc) is 2.44. The van der Waals surface area contributed by atoms with Crippen LogP contribution < -0.4 is 0 Å². The van der Waals surface area contributed by atoms with Crippen molar-refractivity contribution < 1.29 is 14.6 Å². The molecule has 1 atom stereocenters. The summed E-state index contributed by atoms with van der Waals surface area (Å²) in [7, 11) is 0. The van der Waals surface area contributed by atoms with E-state index in [2.05, 4.69) is 0 Å². The van der Waals surface area contributed by atoms with Gasteiger partial charge in [0.05, 0.1) is 6.26 Å². The maximum atomic E-state index is 11.6. The number of hydrogen-bond donors (Lipinski definition) is 1. The highest BCUT2D eigenvalue weighted by atomic mass is 16.5. The van der Waals surface area contributed by atoms with Gasteiger partial charge in [-0.3, -0.25) is 0 Å². The SMILES string of the molecule is O=C1OC=CCCC1(O)c1ccccc1. The van der Waals surface area contributed by atoms with E-state index in [1.165, 1.54) is 6.26 Å². The van der Waals surface area contributed by atoms with E-state index >= 15 is 0 Å². The van der Waals surface area contributed by atoms with Gasteiger partial charge in [-0.2, -0.15) is 0 Å². The summed E-state index contributed by atoms with van der Waals surface area (Å²) in [5, 5.41) is 10.3. The molecule has 0 amide bonds. The molecule has 1 aliphatic heterocycles. The van der Waals surface area contributed by atoms with Crippen molar-refractivity contribution >= 4 is 5.97 Å². The van der Waals surface area contributed by atoms with Crippen molar-refractivity contribution in [2.45, 2.75) is 18.4 Å². The van der Waals surface area contributed by atoms with E-state index in [0.29, 0.717) is 18.4 Å². The summed E-state index contributed by atoms with van der Waals surface area (Å²) in [6.07, 6.45) is 4.05. The molecule has 0 bridgehead atoms. The Balaban J connectivity index is 2.36. The molecule has 1 aromatic rings. The number of carbonyl (C=O) groups excluding carboxylic acids is 1. The van der Waals surface area contributed by atoms with Crippen molar-refractivity contribution in [3.63, 3.8) is 0 Å². The zero-order valence-corrected chi connectivity index (χ0v) is 8.22. The van der Waals surface area contributed by atoms with Crippen LogP contribution in [0.2, 0.25) is 0 Å². The Labute approximate surface area is 88.0 Å². The number of hydrogen-bond acceptors (Lipinski definition) is 3. The van der Waals surface area contributed by atoms with Gasteiger partial charge in [0.1, 0.15) is 0 Å². The third-order valence-corrected chi connectivity index (χ3v) is 2.53. The second-order valence-corrected chi connectivity index (χ2v) is 3.54. The van der Waals surface area contributed by atoms with Crippen LogP contribution in [-0.2, 0) is 15.1 Å². The van der Waals surface area contributed by atoms with Crippen molar-refractivity contribution in [3.8, 4) is 0 Å². The Morgan fingerprint density at radius 1 is 1.27 bits per heavy atom. The third-order valence-electron chi connectivity index (χ3n) is 2.53.